The van der Waals surface area contributed by atoms with Gasteiger partial charge in [-0.2, -0.15) is 5.26 Å². The Labute approximate surface area is 112 Å². The molecule has 0 saturated carbocycles. The third-order valence-electron chi connectivity index (χ3n) is 2.33. The highest BCUT2D eigenvalue weighted by Crippen LogP contribution is 2.18. The lowest BCUT2D eigenvalue weighted by molar-refractivity contribution is -0.144. The second kappa shape index (κ2) is 7.00. The molecule has 0 saturated heterocycles. The predicted octanol–water partition coefficient (Wildman–Crippen LogP) is 2.21. The smallest absolute Gasteiger partial charge is 0.320 e. The van der Waals surface area contributed by atoms with E-state index in [1.54, 1.807) is 25.1 Å². The van der Waals surface area contributed by atoms with E-state index in [0.29, 0.717) is 23.7 Å². The number of nitriles is 1. The number of hydrogen-bond acceptors (Lipinski definition) is 4. The molecule has 4 nitrogen and oxygen atoms in total. The standard InChI is InChI=1S/C13H15ClN2O2/c1-3-18-13(17)9-16(2)8-11-5-4-10(7-15)6-12(11)14/h4-6H,3,8-9H2,1-2H3. The van der Waals surface area contributed by atoms with Crippen molar-refractivity contribution >= 4 is 17.6 Å². The van der Waals surface area contributed by atoms with Crippen LogP contribution in [0.1, 0.15) is 18.1 Å². The highest BCUT2D eigenvalue weighted by Gasteiger charge is 2.10. The van der Waals surface area contributed by atoms with Gasteiger partial charge in [-0.05, 0) is 31.7 Å². The van der Waals surface area contributed by atoms with E-state index >= 15 is 0 Å². The van der Waals surface area contributed by atoms with E-state index in [-0.39, 0.29) is 12.5 Å². The number of esters is 1. The van der Waals surface area contributed by atoms with E-state index < -0.39 is 0 Å². The Morgan fingerprint density at radius 1 is 1.56 bits per heavy atom. The van der Waals surface area contributed by atoms with Crippen LogP contribution in [-0.4, -0.2) is 31.1 Å². The van der Waals surface area contributed by atoms with E-state index in [1.807, 2.05) is 18.0 Å². The van der Waals surface area contributed by atoms with Crippen molar-refractivity contribution in [2.24, 2.45) is 0 Å². The first-order chi connectivity index (χ1) is 8.56. The average Bonchev–Trinajstić information content (AvgIpc) is 2.31. The molecule has 0 amide bonds. The van der Waals surface area contributed by atoms with Crippen LogP contribution < -0.4 is 0 Å². The Morgan fingerprint density at radius 3 is 2.83 bits per heavy atom. The molecular formula is C13H15ClN2O2. The monoisotopic (exact) mass is 266 g/mol. The summed E-state index contributed by atoms with van der Waals surface area (Å²) in [6, 6.07) is 7.15. The van der Waals surface area contributed by atoms with Crippen molar-refractivity contribution in [3.05, 3.63) is 34.3 Å². The van der Waals surface area contributed by atoms with Crippen LogP contribution in [0.25, 0.3) is 0 Å². The second-order valence-electron chi connectivity index (χ2n) is 3.90. The van der Waals surface area contributed by atoms with Gasteiger partial charge in [-0.1, -0.05) is 17.7 Å². The molecule has 96 valence electrons. The molecule has 0 heterocycles. The van der Waals surface area contributed by atoms with Crippen LogP contribution in [0.4, 0.5) is 0 Å². The molecule has 0 radical (unpaired) electrons. The summed E-state index contributed by atoms with van der Waals surface area (Å²) < 4.78 is 4.86. The largest absolute Gasteiger partial charge is 0.465 e. The fourth-order valence-electron chi connectivity index (χ4n) is 1.52. The molecule has 0 spiro atoms. The fraction of sp³-hybridized carbons (Fsp3) is 0.385. The van der Waals surface area contributed by atoms with Crippen LogP contribution in [0.3, 0.4) is 0 Å². The number of benzene rings is 1. The molecule has 1 rings (SSSR count). The topological polar surface area (TPSA) is 53.3 Å². The second-order valence-corrected chi connectivity index (χ2v) is 4.30. The first kappa shape index (κ1) is 14.5. The molecule has 0 bridgehead atoms. The van der Waals surface area contributed by atoms with E-state index in [2.05, 4.69) is 0 Å². The molecular weight excluding hydrogens is 252 g/mol. The lowest BCUT2D eigenvalue weighted by atomic mass is 10.1. The third kappa shape index (κ3) is 4.36. The van der Waals surface area contributed by atoms with Gasteiger partial charge in [0.05, 0.1) is 24.8 Å². The van der Waals surface area contributed by atoms with Crippen LogP contribution in [0.2, 0.25) is 5.02 Å². The Hall–Kier alpha value is -1.57. The molecule has 0 aliphatic heterocycles. The molecule has 0 aromatic heterocycles. The van der Waals surface area contributed by atoms with Crippen molar-refractivity contribution in [2.75, 3.05) is 20.2 Å². The highest BCUT2D eigenvalue weighted by molar-refractivity contribution is 6.31. The van der Waals surface area contributed by atoms with Crippen LogP contribution in [0.15, 0.2) is 18.2 Å². The Morgan fingerprint density at radius 2 is 2.28 bits per heavy atom. The predicted molar refractivity (Wildman–Crippen MR) is 69.1 cm³/mol. The van der Waals surface area contributed by atoms with Gasteiger partial charge >= 0.3 is 5.97 Å². The van der Waals surface area contributed by atoms with Crippen LogP contribution >= 0.6 is 11.6 Å². The lowest BCUT2D eigenvalue weighted by Gasteiger charge is -2.16. The summed E-state index contributed by atoms with van der Waals surface area (Å²) in [6.45, 7) is 2.90. The number of nitrogens with zero attached hydrogens (tertiary/aromatic N) is 2. The summed E-state index contributed by atoms with van der Waals surface area (Å²) in [4.78, 5) is 13.1. The minimum atomic E-state index is -0.259. The lowest BCUT2D eigenvalue weighted by Crippen LogP contribution is -2.27. The molecule has 0 fully saturated rings. The summed E-state index contributed by atoms with van der Waals surface area (Å²) in [6.07, 6.45) is 0. The normalized spacial score (nSPS) is 10.2. The number of likely N-dealkylation sites (N-methyl/N-ethyl adjacent to an activating group) is 1. The van der Waals surface area contributed by atoms with E-state index in [9.17, 15) is 4.79 Å². The molecule has 0 unspecified atom stereocenters. The van der Waals surface area contributed by atoms with Gasteiger partial charge in [0.2, 0.25) is 0 Å². The van der Waals surface area contributed by atoms with Crippen molar-refractivity contribution in [3.63, 3.8) is 0 Å². The number of carbonyl (C=O) groups is 1. The molecule has 0 N–H and O–H groups in total. The molecule has 18 heavy (non-hydrogen) atoms. The van der Waals surface area contributed by atoms with Gasteiger partial charge in [0.15, 0.2) is 0 Å². The highest BCUT2D eigenvalue weighted by atomic mass is 35.5. The molecule has 0 aliphatic rings. The van der Waals surface area contributed by atoms with E-state index in [4.69, 9.17) is 21.6 Å². The van der Waals surface area contributed by atoms with Gasteiger partial charge in [-0.3, -0.25) is 9.69 Å². The van der Waals surface area contributed by atoms with Crippen molar-refractivity contribution in [1.29, 1.82) is 5.26 Å². The van der Waals surface area contributed by atoms with Crippen molar-refractivity contribution in [3.8, 4) is 6.07 Å². The number of rotatable bonds is 5. The van der Waals surface area contributed by atoms with Gasteiger partial charge in [-0.25, -0.2) is 0 Å². The summed E-state index contributed by atoms with van der Waals surface area (Å²) in [5, 5.41) is 9.26. The first-order valence-electron chi connectivity index (χ1n) is 5.59. The molecule has 5 heteroatoms. The Kier molecular flexibility index (Phi) is 5.63. The molecule has 0 atom stereocenters. The molecule has 0 aliphatic carbocycles. The quantitative estimate of drug-likeness (QED) is 0.767. The van der Waals surface area contributed by atoms with Crippen molar-refractivity contribution < 1.29 is 9.53 Å². The van der Waals surface area contributed by atoms with Crippen LogP contribution in [0.5, 0.6) is 0 Å². The SMILES string of the molecule is CCOC(=O)CN(C)Cc1ccc(C#N)cc1Cl. The summed E-state index contributed by atoms with van der Waals surface area (Å²) in [5.41, 5.74) is 1.40. The van der Waals surface area contributed by atoms with Gasteiger partial charge in [0.25, 0.3) is 0 Å². The fourth-order valence-corrected chi connectivity index (χ4v) is 1.76. The molecule has 1 aromatic carbocycles. The zero-order chi connectivity index (χ0) is 13.5. The van der Waals surface area contributed by atoms with Gasteiger partial charge < -0.3 is 4.74 Å². The minimum Gasteiger partial charge on any atom is -0.465 e. The zero-order valence-electron chi connectivity index (χ0n) is 10.4. The maximum Gasteiger partial charge on any atom is 0.320 e. The average molecular weight is 267 g/mol. The van der Waals surface area contributed by atoms with Gasteiger partial charge in [0.1, 0.15) is 0 Å². The number of halogens is 1. The van der Waals surface area contributed by atoms with Crippen LogP contribution in [0, 0.1) is 11.3 Å². The summed E-state index contributed by atoms with van der Waals surface area (Å²) in [5.74, 6) is -0.259. The Bertz CT molecular complexity index is 469. The Balaban J connectivity index is 2.62. The summed E-state index contributed by atoms with van der Waals surface area (Å²) >= 11 is 6.06. The first-order valence-corrected chi connectivity index (χ1v) is 5.97. The zero-order valence-corrected chi connectivity index (χ0v) is 11.2. The number of hydrogen-bond donors (Lipinski definition) is 0. The number of carbonyl (C=O) groups excluding carboxylic acids is 1. The van der Waals surface area contributed by atoms with Crippen molar-refractivity contribution in [2.45, 2.75) is 13.5 Å². The molecule has 1 aromatic rings. The van der Waals surface area contributed by atoms with Crippen LogP contribution in [-0.2, 0) is 16.1 Å². The maximum atomic E-state index is 11.3. The summed E-state index contributed by atoms with van der Waals surface area (Å²) in [7, 11) is 1.81. The van der Waals surface area contributed by atoms with Gasteiger partial charge in [0, 0.05) is 11.6 Å². The third-order valence-corrected chi connectivity index (χ3v) is 2.68. The van der Waals surface area contributed by atoms with E-state index in [0.717, 1.165) is 5.56 Å². The van der Waals surface area contributed by atoms with Gasteiger partial charge in [-0.15, -0.1) is 0 Å². The number of ether oxygens (including phenoxy) is 1. The maximum absolute atomic E-state index is 11.3. The van der Waals surface area contributed by atoms with Crippen molar-refractivity contribution in [1.82, 2.24) is 4.90 Å². The van der Waals surface area contributed by atoms with E-state index in [1.165, 1.54) is 0 Å². The minimum absolute atomic E-state index is 0.212.